The van der Waals surface area contributed by atoms with Crippen molar-refractivity contribution < 1.29 is 9.31 Å². The van der Waals surface area contributed by atoms with Crippen LogP contribution in [0.1, 0.15) is 0 Å². The van der Waals surface area contributed by atoms with Crippen molar-refractivity contribution >= 4 is 27.5 Å². The van der Waals surface area contributed by atoms with Crippen molar-refractivity contribution in [2.75, 3.05) is 0 Å². The number of aromatic nitrogens is 1. The Labute approximate surface area is 105 Å². The molecule has 1 aromatic heterocycles. The number of pyridine rings is 1. The highest BCUT2D eigenvalue weighted by molar-refractivity contribution is 5.93. The smallest absolute Gasteiger partial charge is 0.271 e. The molecule has 0 saturated heterocycles. The number of nitrogens with one attached hydrogen (secondary N) is 1. The van der Waals surface area contributed by atoms with Crippen LogP contribution in [0.2, 0.25) is 0 Å². The molecule has 0 spiro atoms. The average molecular weight is 258 g/mol. The molecule has 1 N–H and O–H groups in total. The zero-order chi connectivity index (χ0) is 13.6. The van der Waals surface area contributed by atoms with E-state index in [1.54, 1.807) is 0 Å². The van der Waals surface area contributed by atoms with Crippen LogP contribution in [0.5, 0.6) is 0 Å². The predicted octanol–water partition coefficient (Wildman–Crippen LogP) is 2.73. The first-order valence-corrected chi connectivity index (χ1v) is 5.46. The molecule has 0 aliphatic heterocycles. The molecule has 94 valence electrons. The number of benzene rings is 2. The van der Waals surface area contributed by atoms with Gasteiger partial charge in [0, 0.05) is 22.9 Å². The van der Waals surface area contributed by atoms with Gasteiger partial charge in [0.1, 0.15) is 5.82 Å². The minimum Gasteiger partial charge on any atom is -0.354 e. The molecular weight excluding hydrogens is 251 g/mol. The van der Waals surface area contributed by atoms with E-state index in [0.717, 1.165) is 0 Å². The van der Waals surface area contributed by atoms with Crippen molar-refractivity contribution in [1.29, 1.82) is 0 Å². The van der Waals surface area contributed by atoms with Crippen LogP contribution in [-0.4, -0.2) is 9.91 Å². The first-order valence-electron chi connectivity index (χ1n) is 5.46. The number of nitro benzene ring substituents is 1. The fourth-order valence-corrected chi connectivity index (χ4v) is 2.06. The lowest BCUT2D eigenvalue weighted by molar-refractivity contribution is -0.384. The van der Waals surface area contributed by atoms with E-state index in [2.05, 4.69) is 4.98 Å². The van der Waals surface area contributed by atoms with Gasteiger partial charge in [-0.2, -0.15) is 0 Å². The minimum atomic E-state index is -0.548. The van der Waals surface area contributed by atoms with Crippen LogP contribution in [0.4, 0.5) is 10.1 Å². The number of H-pyrrole nitrogens is 1. The summed E-state index contributed by atoms with van der Waals surface area (Å²) in [7, 11) is 0. The molecule has 0 aliphatic carbocycles. The molecule has 6 heteroatoms. The Morgan fingerprint density at radius 3 is 2.37 bits per heavy atom. The van der Waals surface area contributed by atoms with E-state index in [9.17, 15) is 19.3 Å². The number of fused-ring (bicyclic) bond motifs is 2. The van der Waals surface area contributed by atoms with Gasteiger partial charge in [-0.15, -0.1) is 0 Å². The van der Waals surface area contributed by atoms with Gasteiger partial charge >= 0.3 is 0 Å². The van der Waals surface area contributed by atoms with E-state index >= 15 is 0 Å². The van der Waals surface area contributed by atoms with Gasteiger partial charge in [0.15, 0.2) is 5.43 Å². The number of non-ortho nitro benzene ring substituents is 1. The lowest BCUT2D eigenvalue weighted by Gasteiger charge is -2.02. The molecule has 0 bridgehead atoms. The maximum absolute atomic E-state index is 13.1. The Kier molecular flexibility index (Phi) is 2.31. The average Bonchev–Trinajstić information content (AvgIpc) is 2.37. The summed E-state index contributed by atoms with van der Waals surface area (Å²) < 4.78 is 13.1. The summed E-state index contributed by atoms with van der Waals surface area (Å²) in [5.41, 5.74) is 0.229. The summed E-state index contributed by atoms with van der Waals surface area (Å²) in [6, 6.07) is 7.72. The molecule has 0 atom stereocenters. The van der Waals surface area contributed by atoms with Gasteiger partial charge in [-0.1, -0.05) is 0 Å². The van der Waals surface area contributed by atoms with Crippen LogP contribution < -0.4 is 5.43 Å². The quantitative estimate of drug-likeness (QED) is 0.414. The molecule has 3 rings (SSSR count). The molecule has 1 heterocycles. The lowest BCUT2D eigenvalue weighted by atomic mass is 10.1. The molecule has 3 aromatic rings. The Morgan fingerprint density at radius 1 is 1.05 bits per heavy atom. The van der Waals surface area contributed by atoms with Crippen molar-refractivity contribution in [1.82, 2.24) is 4.98 Å². The number of hydrogen-bond donors (Lipinski definition) is 1. The summed E-state index contributed by atoms with van der Waals surface area (Å²) in [4.78, 5) is 25.2. The van der Waals surface area contributed by atoms with Gasteiger partial charge in [0.05, 0.1) is 16.0 Å². The monoisotopic (exact) mass is 258 g/mol. The van der Waals surface area contributed by atoms with E-state index < -0.39 is 10.7 Å². The van der Waals surface area contributed by atoms with Crippen LogP contribution in [0.25, 0.3) is 21.8 Å². The summed E-state index contributed by atoms with van der Waals surface area (Å²) in [6.07, 6.45) is 0. The van der Waals surface area contributed by atoms with E-state index in [1.165, 1.54) is 36.4 Å². The second-order valence-corrected chi connectivity index (χ2v) is 4.13. The second kappa shape index (κ2) is 3.88. The number of nitro groups is 1. The fourth-order valence-electron chi connectivity index (χ4n) is 2.06. The highest BCUT2D eigenvalue weighted by Crippen LogP contribution is 2.20. The number of rotatable bonds is 1. The number of aromatic amines is 1. The van der Waals surface area contributed by atoms with Crippen molar-refractivity contribution in [3.63, 3.8) is 0 Å². The molecule has 5 nitrogen and oxygen atoms in total. The summed E-state index contributed by atoms with van der Waals surface area (Å²) in [5, 5.41) is 11.4. The van der Waals surface area contributed by atoms with Crippen LogP contribution in [0.3, 0.4) is 0 Å². The molecular formula is C13H7FN2O3. The lowest BCUT2D eigenvalue weighted by Crippen LogP contribution is -2.04. The van der Waals surface area contributed by atoms with E-state index in [1.807, 2.05) is 0 Å². The van der Waals surface area contributed by atoms with Crippen LogP contribution >= 0.6 is 0 Å². The Balaban J connectivity index is 2.46. The topological polar surface area (TPSA) is 76.0 Å². The third-order valence-electron chi connectivity index (χ3n) is 2.95. The third kappa shape index (κ3) is 1.74. The number of nitrogens with zero attached hydrogens (tertiary/aromatic N) is 1. The zero-order valence-corrected chi connectivity index (χ0v) is 9.51. The van der Waals surface area contributed by atoms with Gasteiger partial charge < -0.3 is 4.98 Å². The molecule has 0 fully saturated rings. The van der Waals surface area contributed by atoms with Gasteiger partial charge in [-0.25, -0.2) is 4.39 Å². The molecule has 19 heavy (non-hydrogen) atoms. The Bertz CT molecular complexity index is 886. The third-order valence-corrected chi connectivity index (χ3v) is 2.95. The first-order chi connectivity index (χ1) is 9.06. The normalized spacial score (nSPS) is 11.0. The van der Waals surface area contributed by atoms with Crippen molar-refractivity contribution in [3.8, 4) is 0 Å². The van der Waals surface area contributed by atoms with Gasteiger partial charge in [0.2, 0.25) is 0 Å². The Morgan fingerprint density at radius 2 is 1.68 bits per heavy atom. The second-order valence-electron chi connectivity index (χ2n) is 4.13. The van der Waals surface area contributed by atoms with Crippen LogP contribution in [0.15, 0.2) is 41.2 Å². The van der Waals surface area contributed by atoms with Crippen LogP contribution in [0, 0.1) is 15.9 Å². The number of hydrogen-bond acceptors (Lipinski definition) is 3. The molecule has 0 saturated carbocycles. The fraction of sp³-hybridized carbons (Fsp3) is 0. The van der Waals surface area contributed by atoms with E-state index in [-0.39, 0.29) is 11.1 Å². The van der Waals surface area contributed by atoms with Crippen LogP contribution in [-0.2, 0) is 0 Å². The Hall–Kier alpha value is -2.76. The molecule has 0 unspecified atom stereocenters. The maximum Gasteiger partial charge on any atom is 0.271 e. The number of halogens is 1. The highest BCUT2D eigenvalue weighted by Gasteiger charge is 2.10. The molecule has 0 radical (unpaired) electrons. The van der Waals surface area contributed by atoms with E-state index in [4.69, 9.17) is 0 Å². The van der Waals surface area contributed by atoms with Crippen molar-refractivity contribution in [2.24, 2.45) is 0 Å². The van der Waals surface area contributed by atoms with Crippen molar-refractivity contribution in [3.05, 3.63) is 62.6 Å². The summed E-state index contributed by atoms with van der Waals surface area (Å²) in [5.74, 6) is -0.479. The standard InChI is InChI=1S/C13H7FN2O3/c14-7-1-3-9-11(5-7)15-12-6-8(16(18)19)2-4-10(12)13(9)17/h1-6H,(H,15,17). The minimum absolute atomic E-state index is 0.126. The van der Waals surface area contributed by atoms with Gasteiger partial charge in [0.25, 0.3) is 5.69 Å². The molecule has 0 amide bonds. The largest absolute Gasteiger partial charge is 0.354 e. The summed E-state index contributed by atoms with van der Waals surface area (Å²) in [6.45, 7) is 0. The van der Waals surface area contributed by atoms with E-state index in [0.29, 0.717) is 21.8 Å². The highest BCUT2D eigenvalue weighted by atomic mass is 19.1. The zero-order valence-electron chi connectivity index (χ0n) is 9.51. The predicted molar refractivity (Wildman–Crippen MR) is 68.7 cm³/mol. The molecule has 2 aromatic carbocycles. The van der Waals surface area contributed by atoms with Crippen molar-refractivity contribution in [2.45, 2.75) is 0 Å². The first kappa shape index (κ1) is 11.3. The maximum atomic E-state index is 13.1. The molecule has 0 aliphatic rings. The SMILES string of the molecule is O=c1c2ccc(F)cc2[nH]c2cc([N+](=O)[O-])ccc12. The van der Waals surface area contributed by atoms with Gasteiger partial charge in [-0.05, 0) is 24.3 Å². The van der Waals surface area contributed by atoms with Gasteiger partial charge in [-0.3, -0.25) is 14.9 Å². The summed E-state index contributed by atoms with van der Waals surface area (Å²) >= 11 is 0.